The van der Waals surface area contributed by atoms with Crippen LogP contribution in [-0.4, -0.2) is 12.5 Å². The van der Waals surface area contributed by atoms with Gasteiger partial charge in [0.1, 0.15) is 11.1 Å². The molecule has 28 heavy (non-hydrogen) atoms. The van der Waals surface area contributed by atoms with Crippen molar-refractivity contribution in [2.24, 2.45) is 5.92 Å². The van der Waals surface area contributed by atoms with Crippen LogP contribution in [0.3, 0.4) is 0 Å². The van der Waals surface area contributed by atoms with Crippen LogP contribution in [0.2, 0.25) is 0 Å². The first-order valence-electron chi connectivity index (χ1n) is 9.20. The highest BCUT2D eigenvalue weighted by atomic mass is 32.1. The lowest BCUT2D eigenvalue weighted by molar-refractivity contribution is -0.115. The molecule has 1 atom stereocenters. The predicted molar refractivity (Wildman–Crippen MR) is 117 cm³/mol. The lowest BCUT2D eigenvalue weighted by atomic mass is 9.99. The predicted octanol–water partition coefficient (Wildman–Crippen LogP) is 5.20. The van der Waals surface area contributed by atoms with Gasteiger partial charge in [-0.05, 0) is 46.4 Å². The number of carbonyl (C=O) groups is 1. The number of thiophene rings is 2. The zero-order valence-electron chi connectivity index (χ0n) is 15.9. The van der Waals surface area contributed by atoms with Crippen molar-refractivity contribution in [3.8, 4) is 6.07 Å². The van der Waals surface area contributed by atoms with E-state index in [9.17, 15) is 4.79 Å². The second kappa shape index (κ2) is 9.65. The fraction of sp³-hybridized carbons (Fsp3) is 0.273. The molecule has 1 aromatic carbocycles. The van der Waals surface area contributed by atoms with Crippen LogP contribution < -0.4 is 10.6 Å². The molecule has 0 saturated heterocycles. The van der Waals surface area contributed by atoms with E-state index in [0.717, 1.165) is 12.0 Å². The lowest BCUT2D eigenvalue weighted by Crippen LogP contribution is -2.31. The number of nitrogens with one attached hydrogen (secondary N) is 2. The van der Waals surface area contributed by atoms with E-state index in [2.05, 4.69) is 60.9 Å². The molecule has 0 aliphatic rings. The summed E-state index contributed by atoms with van der Waals surface area (Å²) in [6.45, 7) is 4.60. The topological polar surface area (TPSA) is 64.9 Å². The van der Waals surface area contributed by atoms with Crippen LogP contribution in [0.4, 0.5) is 5.00 Å². The van der Waals surface area contributed by atoms with Gasteiger partial charge in [-0.1, -0.05) is 44.2 Å². The van der Waals surface area contributed by atoms with Gasteiger partial charge in [0.15, 0.2) is 0 Å². The zero-order chi connectivity index (χ0) is 19.9. The largest absolute Gasteiger partial charge is 0.315 e. The van der Waals surface area contributed by atoms with Crippen LogP contribution in [-0.2, 0) is 11.2 Å². The molecule has 1 amide bonds. The molecule has 0 fully saturated rings. The third-order valence-corrected chi connectivity index (χ3v) is 6.06. The van der Waals surface area contributed by atoms with Gasteiger partial charge in [-0.2, -0.15) is 5.26 Å². The Morgan fingerprint density at radius 1 is 1.11 bits per heavy atom. The number of nitriles is 1. The quantitative estimate of drug-likeness (QED) is 0.538. The van der Waals surface area contributed by atoms with Crippen LogP contribution in [0.25, 0.3) is 0 Å². The average molecular weight is 410 g/mol. The minimum Gasteiger partial charge on any atom is -0.315 e. The molecular weight excluding hydrogens is 386 g/mol. The Kier molecular flexibility index (Phi) is 6.99. The summed E-state index contributed by atoms with van der Waals surface area (Å²) in [4.78, 5) is 13.6. The minimum absolute atomic E-state index is 0.0439. The van der Waals surface area contributed by atoms with Crippen LogP contribution >= 0.6 is 22.7 Å². The Balaban J connectivity index is 1.69. The zero-order valence-corrected chi connectivity index (χ0v) is 17.6. The highest BCUT2D eigenvalue weighted by Gasteiger charge is 2.17. The molecule has 0 unspecified atom stereocenters. The molecule has 0 spiro atoms. The number of amides is 1. The summed E-state index contributed by atoms with van der Waals surface area (Å²) in [7, 11) is 0. The summed E-state index contributed by atoms with van der Waals surface area (Å²) in [6, 6.07) is 16.5. The summed E-state index contributed by atoms with van der Waals surface area (Å²) < 4.78 is 0. The van der Waals surface area contributed by atoms with Crippen LogP contribution in [0.1, 0.15) is 41.5 Å². The monoisotopic (exact) mass is 409 g/mol. The third-order valence-electron chi connectivity index (χ3n) is 4.29. The van der Waals surface area contributed by atoms with Gasteiger partial charge >= 0.3 is 0 Å². The SMILES string of the molecule is CC(C)Cc1ccc([C@H](NCC(=O)Nc2sccc2C#N)c2cccs2)cc1. The molecule has 144 valence electrons. The summed E-state index contributed by atoms with van der Waals surface area (Å²) in [5.41, 5.74) is 2.95. The summed E-state index contributed by atoms with van der Waals surface area (Å²) >= 11 is 3.03. The molecule has 4 nitrogen and oxygen atoms in total. The van der Waals surface area contributed by atoms with Gasteiger partial charge in [0.25, 0.3) is 0 Å². The molecule has 2 heterocycles. The van der Waals surface area contributed by atoms with E-state index in [1.165, 1.54) is 21.8 Å². The van der Waals surface area contributed by atoms with Crippen molar-refractivity contribution in [1.29, 1.82) is 5.26 Å². The van der Waals surface area contributed by atoms with E-state index in [1.807, 2.05) is 11.4 Å². The molecule has 0 radical (unpaired) electrons. The average Bonchev–Trinajstić information content (AvgIpc) is 3.34. The molecule has 3 aromatic rings. The van der Waals surface area contributed by atoms with E-state index in [4.69, 9.17) is 5.26 Å². The van der Waals surface area contributed by atoms with Crippen molar-refractivity contribution in [2.75, 3.05) is 11.9 Å². The van der Waals surface area contributed by atoms with Gasteiger partial charge in [-0.3, -0.25) is 10.1 Å². The highest BCUT2D eigenvalue weighted by Crippen LogP contribution is 2.27. The van der Waals surface area contributed by atoms with E-state index < -0.39 is 0 Å². The van der Waals surface area contributed by atoms with E-state index in [-0.39, 0.29) is 18.5 Å². The summed E-state index contributed by atoms with van der Waals surface area (Å²) in [5.74, 6) is 0.466. The van der Waals surface area contributed by atoms with Gasteiger partial charge in [0, 0.05) is 4.88 Å². The smallest absolute Gasteiger partial charge is 0.238 e. The van der Waals surface area contributed by atoms with Crippen molar-refractivity contribution >= 4 is 33.6 Å². The molecule has 0 bridgehead atoms. The van der Waals surface area contributed by atoms with E-state index >= 15 is 0 Å². The van der Waals surface area contributed by atoms with Crippen LogP contribution in [0.5, 0.6) is 0 Å². The standard InChI is InChI=1S/C22H23N3OS2/c1-15(2)12-16-5-7-17(8-6-16)21(19-4-3-10-27-19)24-14-20(26)25-22-18(13-23)9-11-28-22/h3-11,15,21,24H,12,14H2,1-2H3,(H,25,26)/t21-/m0/s1. The molecular formula is C22H23N3OS2. The van der Waals surface area contributed by atoms with Crippen molar-refractivity contribution in [3.63, 3.8) is 0 Å². The molecule has 0 saturated carbocycles. The number of hydrogen-bond donors (Lipinski definition) is 2. The van der Waals surface area contributed by atoms with Gasteiger partial charge in [-0.15, -0.1) is 22.7 Å². The first-order chi connectivity index (χ1) is 13.6. The minimum atomic E-state index is -0.156. The first kappa shape index (κ1) is 20.3. The Hall–Kier alpha value is -2.46. The summed E-state index contributed by atoms with van der Waals surface area (Å²) in [6.07, 6.45) is 1.06. The van der Waals surface area contributed by atoms with Gasteiger partial charge < -0.3 is 5.32 Å². The maximum atomic E-state index is 12.4. The number of anilines is 1. The van der Waals surface area contributed by atoms with E-state index in [1.54, 1.807) is 22.8 Å². The maximum Gasteiger partial charge on any atom is 0.238 e. The number of rotatable bonds is 8. The Morgan fingerprint density at radius 2 is 1.89 bits per heavy atom. The first-order valence-corrected chi connectivity index (χ1v) is 11.0. The number of benzene rings is 1. The summed E-state index contributed by atoms with van der Waals surface area (Å²) in [5, 5.41) is 19.7. The van der Waals surface area contributed by atoms with Gasteiger partial charge in [-0.25, -0.2) is 0 Å². The van der Waals surface area contributed by atoms with Crippen molar-refractivity contribution in [3.05, 3.63) is 74.8 Å². The Labute approximate surface area is 173 Å². The highest BCUT2D eigenvalue weighted by molar-refractivity contribution is 7.14. The van der Waals surface area contributed by atoms with Crippen LogP contribution in [0.15, 0.2) is 53.2 Å². The van der Waals surface area contributed by atoms with Crippen molar-refractivity contribution in [2.45, 2.75) is 26.3 Å². The Morgan fingerprint density at radius 3 is 2.54 bits per heavy atom. The Bertz CT molecular complexity index is 937. The lowest BCUT2D eigenvalue weighted by Gasteiger charge is -2.18. The maximum absolute atomic E-state index is 12.4. The van der Waals surface area contributed by atoms with Gasteiger partial charge in [0.2, 0.25) is 5.91 Å². The number of nitrogens with zero attached hydrogens (tertiary/aromatic N) is 1. The normalized spacial score (nSPS) is 11.9. The number of carbonyl (C=O) groups excluding carboxylic acids is 1. The van der Waals surface area contributed by atoms with E-state index in [0.29, 0.717) is 16.5 Å². The van der Waals surface area contributed by atoms with Crippen molar-refractivity contribution in [1.82, 2.24) is 5.32 Å². The second-order valence-corrected chi connectivity index (χ2v) is 8.89. The fourth-order valence-corrected chi connectivity index (χ4v) is 4.60. The molecule has 0 aliphatic heterocycles. The molecule has 6 heteroatoms. The number of hydrogen-bond acceptors (Lipinski definition) is 5. The molecule has 3 rings (SSSR count). The van der Waals surface area contributed by atoms with Crippen LogP contribution in [0, 0.1) is 17.2 Å². The third kappa shape index (κ3) is 5.29. The second-order valence-electron chi connectivity index (χ2n) is 6.99. The fourth-order valence-electron chi connectivity index (χ4n) is 3.02. The molecule has 2 aromatic heterocycles. The van der Waals surface area contributed by atoms with Crippen molar-refractivity contribution < 1.29 is 4.79 Å². The molecule has 0 aliphatic carbocycles. The molecule has 2 N–H and O–H groups in total. The van der Waals surface area contributed by atoms with Gasteiger partial charge in [0.05, 0.1) is 18.2 Å².